The molecular formula is C20H22FNO5. The third-order valence-electron chi connectivity index (χ3n) is 4.00. The molecule has 144 valence electrons. The molecule has 0 radical (unpaired) electrons. The molecule has 2 rings (SSSR count). The molecule has 0 aliphatic rings. The van der Waals surface area contributed by atoms with Crippen molar-refractivity contribution in [2.45, 2.75) is 32.2 Å². The van der Waals surface area contributed by atoms with E-state index in [1.807, 2.05) is 30.3 Å². The first-order valence-corrected chi connectivity index (χ1v) is 8.49. The van der Waals surface area contributed by atoms with Gasteiger partial charge in [-0.3, -0.25) is 4.79 Å². The molecule has 0 fully saturated rings. The fourth-order valence-corrected chi connectivity index (χ4v) is 2.56. The first-order chi connectivity index (χ1) is 12.9. The molecule has 2 unspecified atom stereocenters. The smallest absolute Gasteiger partial charge is 0.407 e. The largest absolute Gasteiger partial charge is 0.445 e. The van der Waals surface area contributed by atoms with E-state index in [2.05, 4.69) is 5.32 Å². The van der Waals surface area contributed by atoms with Crippen molar-refractivity contribution in [3.05, 3.63) is 71.0 Å². The SMILES string of the molecule is CC(=O)c1ccc(F)cc1C(O)C(O)CCNC(=O)OCc1ccccc1. The lowest BCUT2D eigenvalue weighted by atomic mass is 9.95. The van der Waals surface area contributed by atoms with Gasteiger partial charge in [-0.1, -0.05) is 30.3 Å². The number of Topliss-reactive ketones (excluding diaryl/α,β-unsaturated/α-hetero) is 1. The number of ether oxygens (including phenoxy) is 1. The molecule has 2 aromatic rings. The summed E-state index contributed by atoms with van der Waals surface area (Å²) in [5, 5.41) is 22.8. The van der Waals surface area contributed by atoms with E-state index in [0.29, 0.717) is 0 Å². The average molecular weight is 375 g/mol. The minimum Gasteiger partial charge on any atom is -0.445 e. The minimum absolute atomic E-state index is 0.00450. The summed E-state index contributed by atoms with van der Waals surface area (Å²) in [7, 11) is 0. The molecular weight excluding hydrogens is 353 g/mol. The summed E-state index contributed by atoms with van der Waals surface area (Å²) in [4.78, 5) is 23.3. The van der Waals surface area contributed by atoms with Gasteiger partial charge in [0.2, 0.25) is 0 Å². The normalized spacial score (nSPS) is 12.9. The van der Waals surface area contributed by atoms with Gasteiger partial charge in [0.15, 0.2) is 5.78 Å². The number of hydrogen-bond acceptors (Lipinski definition) is 5. The summed E-state index contributed by atoms with van der Waals surface area (Å²) in [5.74, 6) is -0.970. The van der Waals surface area contributed by atoms with Crippen LogP contribution in [0.15, 0.2) is 48.5 Å². The van der Waals surface area contributed by atoms with Crippen molar-refractivity contribution in [1.29, 1.82) is 0 Å². The first kappa shape index (κ1) is 20.5. The molecule has 0 saturated heterocycles. The fourth-order valence-electron chi connectivity index (χ4n) is 2.56. The summed E-state index contributed by atoms with van der Waals surface area (Å²) in [6.45, 7) is 1.44. The van der Waals surface area contributed by atoms with E-state index in [-0.39, 0.29) is 36.5 Å². The monoisotopic (exact) mass is 375 g/mol. The van der Waals surface area contributed by atoms with Crippen molar-refractivity contribution >= 4 is 11.9 Å². The number of aliphatic hydroxyl groups excluding tert-OH is 2. The highest BCUT2D eigenvalue weighted by Gasteiger charge is 2.23. The predicted molar refractivity (Wildman–Crippen MR) is 96.6 cm³/mol. The van der Waals surface area contributed by atoms with E-state index in [9.17, 15) is 24.2 Å². The van der Waals surface area contributed by atoms with E-state index in [4.69, 9.17) is 4.74 Å². The van der Waals surface area contributed by atoms with Crippen LogP contribution in [0.2, 0.25) is 0 Å². The summed E-state index contributed by atoms with van der Waals surface area (Å²) in [6, 6.07) is 12.6. The summed E-state index contributed by atoms with van der Waals surface area (Å²) in [6.07, 6.45) is -3.41. The number of aliphatic hydroxyl groups is 2. The highest BCUT2D eigenvalue weighted by molar-refractivity contribution is 5.95. The lowest BCUT2D eigenvalue weighted by Crippen LogP contribution is -2.30. The average Bonchev–Trinajstić information content (AvgIpc) is 2.66. The van der Waals surface area contributed by atoms with Gasteiger partial charge in [0.1, 0.15) is 18.5 Å². The van der Waals surface area contributed by atoms with Gasteiger partial charge < -0.3 is 20.3 Å². The minimum atomic E-state index is -1.46. The van der Waals surface area contributed by atoms with E-state index >= 15 is 0 Å². The molecule has 0 bridgehead atoms. The number of carbonyl (C=O) groups is 2. The zero-order chi connectivity index (χ0) is 19.8. The number of nitrogens with one attached hydrogen (secondary N) is 1. The number of amides is 1. The van der Waals surface area contributed by atoms with Crippen molar-refractivity contribution in [2.24, 2.45) is 0 Å². The van der Waals surface area contributed by atoms with Crippen LogP contribution in [0.25, 0.3) is 0 Å². The molecule has 0 heterocycles. The van der Waals surface area contributed by atoms with Gasteiger partial charge >= 0.3 is 6.09 Å². The van der Waals surface area contributed by atoms with E-state index in [0.717, 1.165) is 17.7 Å². The summed E-state index contributed by atoms with van der Waals surface area (Å²) >= 11 is 0. The third kappa shape index (κ3) is 6.16. The number of rotatable bonds is 8. The third-order valence-corrected chi connectivity index (χ3v) is 4.00. The lowest BCUT2D eigenvalue weighted by Gasteiger charge is -2.20. The Labute approximate surface area is 156 Å². The maximum absolute atomic E-state index is 13.4. The van der Waals surface area contributed by atoms with Gasteiger partial charge in [-0.15, -0.1) is 0 Å². The van der Waals surface area contributed by atoms with Crippen molar-refractivity contribution in [1.82, 2.24) is 5.32 Å². The quantitative estimate of drug-likeness (QED) is 0.617. The Morgan fingerprint density at radius 1 is 1.15 bits per heavy atom. The molecule has 1 amide bonds. The Morgan fingerprint density at radius 2 is 1.85 bits per heavy atom. The second kappa shape index (κ2) is 9.80. The van der Waals surface area contributed by atoms with Crippen molar-refractivity contribution in [3.8, 4) is 0 Å². The Kier molecular flexibility index (Phi) is 7.45. The number of halogens is 1. The Bertz CT molecular complexity index is 781. The molecule has 6 nitrogen and oxygen atoms in total. The van der Waals surface area contributed by atoms with E-state index < -0.39 is 24.1 Å². The molecule has 27 heavy (non-hydrogen) atoms. The molecule has 7 heteroatoms. The van der Waals surface area contributed by atoms with Gasteiger partial charge in [-0.2, -0.15) is 0 Å². The van der Waals surface area contributed by atoms with Crippen molar-refractivity contribution in [3.63, 3.8) is 0 Å². The first-order valence-electron chi connectivity index (χ1n) is 8.49. The molecule has 0 spiro atoms. The van der Waals surface area contributed by atoms with Gasteiger partial charge in [0.25, 0.3) is 0 Å². The van der Waals surface area contributed by atoms with Crippen molar-refractivity contribution in [2.75, 3.05) is 6.54 Å². The maximum Gasteiger partial charge on any atom is 0.407 e. The summed E-state index contributed by atoms with van der Waals surface area (Å²) in [5.41, 5.74) is 0.991. The van der Waals surface area contributed by atoms with Crippen LogP contribution in [0.5, 0.6) is 0 Å². The van der Waals surface area contributed by atoms with E-state index in [1.165, 1.54) is 13.0 Å². The predicted octanol–water partition coefficient (Wildman–Crippen LogP) is 2.74. The van der Waals surface area contributed by atoms with Gasteiger partial charge in [-0.25, -0.2) is 9.18 Å². The zero-order valence-electron chi connectivity index (χ0n) is 14.9. The molecule has 3 N–H and O–H groups in total. The number of hydrogen-bond donors (Lipinski definition) is 3. The maximum atomic E-state index is 13.4. The molecule has 2 atom stereocenters. The molecule has 2 aromatic carbocycles. The highest BCUT2D eigenvalue weighted by atomic mass is 19.1. The second-order valence-corrected chi connectivity index (χ2v) is 6.08. The highest BCUT2D eigenvalue weighted by Crippen LogP contribution is 2.24. The number of alkyl carbamates (subject to hydrolysis) is 1. The van der Waals surface area contributed by atoms with Crippen LogP contribution in [-0.4, -0.2) is 34.7 Å². The van der Waals surface area contributed by atoms with Crippen LogP contribution in [0.3, 0.4) is 0 Å². The fraction of sp³-hybridized carbons (Fsp3) is 0.300. The van der Waals surface area contributed by atoms with Gasteiger partial charge in [-0.05, 0) is 42.7 Å². The molecule has 0 aliphatic carbocycles. The standard InChI is InChI=1S/C20H22FNO5/c1-13(23)16-8-7-15(21)11-17(16)19(25)18(24)9-10-22-20(26)27-12-14-5-3-2-4-6-14/h2-8,11,18-19,24-25H,9-10,12H2,1H3,(H,22,26). The van der Waals surface area contributed by atoms with Crippen LogP contribution in [0, 0.1) is 5.82 Å². The van der Waals surface area contributed by atoms with Crippen LogP contribution in [0.1, 0.15) is 40.9 Å². The van der Waals surface area contributed by atoms with Crippen LogP contribution < -0.4 is 5.32 Å². The Hall–Kier alpha value is -2.77. The second-order valence-electron chi connectivity index (χ2n) is 6.08. The number of ketones is 1. The van der Waals surface area contributed by atoms with Crippen LogP contribution in [-0.2, 0) is 11.3 Å². The molecule has 0 saturated carbocycles. The van der Waals surface area contributed by atoms with E-state index in [1.54, 1.807) is 0 Å². The van der Waals surface area contributed by atoms with Crippen molar-refractivity contribution < 1.29 is 28.9 Å². The Morgan fingerprint density at radius 3 is 2.52 bits per heavy atom. The zero-order valence-corrected chi connectivity index (χ0v) is 14.9. The van der Waals surface area contributed by atoms with Gasteiger partial charge in [0.05, 0.1) is 6.10 Å². The van der Waals surface area contributed by atoms with Crippen LogP contribution in [0.4, 0.5) is 9.18 Å². The number of benzene rings is 2. The summed E-state index contributed by atoms with van der Waals surface area (Å²) < 4.78 is 18.5. The van der Waals surface area contributed by atoms with Gasteiger partial charge in [0, 0.05) is 12.1 Å². The topological polar surface area (TPSA) is 95.9 Å². The van der Waals surface area contributed by atoms with Crippen LogP contribution >= 0.6 is 0 Å². The molecule has 0 aliphatic heterocycles. The Balaban J connectivity index is 1.83. The molecule has 0 aromatic heterocycles. The lowest BCUT2D eigenvalue weighted by molar-refractivity contribution is 0.0130. The number of carbonyl (C=O) groups excluding carboxylic acids is 2.